The zero-order valence-electron chi connectivity index (χ0n) is 11.7. The molecule has 0 bridgehead atoms. The maximum Gasteiger partial charge on any atom is 0.123 e. The number of hydrogen-bond acceptors (Lipinski definition) is 2. The summed E-state index contributed by atoms with van der Waals surface area (Å²) >= 11 is 0. The van der Waals surface area contributed by atoms with Crippen molar-refractivity contribution in [2.24, 2.45) is 0 Å². The molecule has 0 radical (unpaired) electrons. The first-order chi connectivity index (χ1) is 9.74. The van der Waals surface area contributed by atoms with Gasteiger partial charge in [0.2, 0.25) is 0 Å². The number of nitrogens with one attached hydrogen (secondary N) is 1. The summed E-state index contributed by atoms with van der Waals surface area (Å²) in [7, 11) is 0. The van der Waals surface area contributed by atoms with E-state index in [-0.39, 0.29) is 5.82 Å². The first kappa shape index (κ1) is 14.5. The number of aryl methyl sites for hydroxylation is 1. The van der Waals surface area contributed by atoms with Crippen molar-refractivity contribution in [1.29, 1.82) is 0 Å². The lowest BCUT2D eigenvalue weighted by atomic mass is 10.2. The van der Waals surface area contributed by atoms with Gasteiger partial charge in [-0.05, 0) is 55.3 Å². The molecule has 0 unspecified atom stereocenters. The summed E-state index contributed by atoms with van der Waals surface area (Å²) in [6.45, 7) is 4.38. The number of benzene rings is 2. The van der Waals surface area contributed by atoms with Gasteiger partial charge in [0.05, 0.1) is 6.61 Å². The van der Waals surface area contributed by atoms with Crippen LogP contribution in [0.4, 0.5) is 4.39 Å². The molecule has 1 N–H and O–H groups in total. The van der Waals surface area contributed by atoms with E-state index in [2.05, 4.69) is 18.3 Å². The molecule has 0 saturated carbocycles. The van der Waals surface area contributed by atoms with Crippen molar-refractivity contribution in [1.82, 2.24) is 5.32 Å². The molecule has 0 aliphatic rings. The summed E-state index contributed by atoms with van der Waals surface area (Å²) < 4.78 is 18.4. The highest BCUT2D eigenvalue weighted by molar-refractivity contribution is 5.27. The summed E-state index contributed by atoms with van der Waals surface area (Å²) in [5, 5.41) is 3.32. The zero-order valence-corrected chi connectivity index (χ0v) is 11.7. The Hall–Kier alpha value is -1.87. The lowest BCUT2D eigenvalue weighted by molar-refractivity contribution is 0.308. The van der Waals surface area contributed by atoms with Gasteiger partial charge in [-0.15, -0.1) is 0 Å². The molecule has 0 aliphatic heterocycles. The molecule has 0 aromatic heterocycles. The molecule has 2 aromatic rings. The van der Waals surface area contributed by atoms with Gasteiger partial charge in [-0.2, -0.15) is 0 Å². The summed E-state index contributed by atoms with van der Waals surface area (Å²) in [6.07, 6.45) is 0.940. The highest BCUT2D eigenvalue weighted by Crippen LogP contribution is 2.12. The van der Waals surface area contributed by atoms with E-state index in [0.29, 0.717) is 6.61 Å². The second kappa shape index (κ2) is 7.65. The van der Waals surface area contributed by atoms with Crippen molar-refractivity contribution in [3.8, 4) is 5.75 Å². The van der Waals surface area contributed by atoms with Crippen molar-refractivity contribution in [3.63, 3.8) is 0 Å². The van der Waals surface area contributed by atoms with Crippen LogP contribution in [0.15, 0.2) is 48.5 Å². The molecule has 0 atom stereocenters. The first-order valence-corrected chi connectivity index (χ1v) is 6.89. The minimum Gasteiger partial charge on any atom is -0.494 e. The summed E-state index contributed by atoms with van der Waals surface area (Å²) in [5.74, 6) is 0.726. The number of ether oxygens (including phenoxy) is 1. The SMILES string of the molecule is Cc1cccc(OCCCNCc2ccc(F)cc2)c1. The van der Waals surface area contributed by atoms with Gasteiger partial charge < -0.3 is 10.1 Å². The van der Waals surface area contributed by atoms with Crippen molar-refractivity contribution in [2.45, 2.75) is 19.9 Å². The van der Waals surface area contributed by atoms with Crippen LogP contribution in [0.1, 0.15) is 17.5 Å². The van der Waals surface area contributed by atoms with E-state index in [1.54, 1.807) is 12.1 Å². The van der Waals surface area contributed by atoms with Crippen LogP contribution in [0.25, 0.3) is 0 Å². The van der Waals surface area contributed by atoms with Crippen molar-refractivity contribution in [2.75, 3.05) is 13.2 Å². The fourth-order valence-corrected chi connectivity index (χ4v) is 1.93. The van der Waals surface area contributed by atoms with Gasteiger partial charge >= 0.3 is 0 Å². The topological polar surface area (TPSA) is 21.3 Å². The fraction of sp³-hybridized carbons (Fsp3) is 0.294. The number of halogens is 1. The van der Waals surface area contributed by atoms with Crippen LogP contribution in [-0.2, 0) is 6.54 Å². The standard InChI is InChI=1S/C17H20FNO/c1-14-4-2-5-17(12-14)20-11-3-10-19-13-15-6-8-16(18)9-7-15/h2,4-9,12,19H,3,10-11,13H2,1H3. The largest absolute Gasteiger partial charge is 0.494 e. The maximum absolute atomic E-state index is 12.7. The van der Waals surface area contributed by atoms with Crippen LogP contribution in [0.5, 0.6) is 5.75 Å². The molecule has 3 heteroatoms. The third-order valence-electron chi connectivity index (χ3n) is 3.00. The molecule has 20 heavy (non-hydrogen) atoms. The van der Waals surface area contributed by atoms with E-state index in [1.807, 2.05) is 18.2 Å². The van der Waals surface area contributed by atoms with Gasteiger partial charge in [0.15, 0.2) is 0 Å². The van der Waals surface area contributed by atoms with E-state index in [4.69, 9.17) is 4.74 Å². The van der Waals surface area contributed by atoms with Crippen LogP contribution in [0, 0.1) is 12.7 Å². The van der Waals surface area contributed by atoms with E-state index < -0.39 is 0 Å². The van der Waals surface area contributed by atoms with Crippen LogP contribution in [0.2, 0.25) is 0 Å². The Bertz CT molecular complexity index is 525. The molecular formula is C17H20FNO. The Kier molecular flexibility index (Phi) is 5.56. The number of hydrogen-bond donors (Lipinski definition) is 1. The molecule has 2 nitrogen and oxygen atoms in total. The van der Waals surface area contributed by atoms with Crippen LogP contribution in [-0.4, -0.2) is 13.2 Å². The molecule has 106 valence electrons. The van der Waals surface area contributed by atoms with Gasteiger partial charge in [0.1, 0.15) is 11.6 Å². The zero-order chi connectivity index (χ0) is 14.2. The van der Waals surface area contributed by atoms with Gasteiger partial charge in [0.25, 0.3) is 0 Å². The predicted molar refractivity (Wildman–Crippen MR) is 79.4 cm³/mol. The average Bonchev–Trinajstić information content (AvgIpc) is 2.45. The van der Waals surface area contributed by atoms with E-state index in [1.165, 1.54) is 17.7 Å². The van der Waals surface area contributed by atoms with Gasteiger partial charge in [0, 0.05) is 6.54 Å². The molecular weight excluding hydrogens is 253 g/mol. The molecule has 2 rings (SSSR count). The minimum absolute atomic E-state index is 0.194. The predicted octanol–water partition coefficient (Wildman–Crippen LogP) is 3.69. The minimum atomic E-state index is -0.194. The highest BCUT2D eigenvalue weighted by atomic mass is 19.1. The quantitative estimate of drug-likeness (QED) is 0.777. The Balaban J connectivity index is 1.59. The normalized spacial score (nSPS) is 10.5. The summed E-state index contributed by atoms with van der Waals surface area (Å²) in [4.78, 5) is 0. The molecule has 2 aromatic carbocycles. The van der Waals surface area contributed by atoms with E-state index >= 15 is 0 Å². The van der Waals surface area contributed by atoms with Gasteiger partial charge in [-0.3, -0.25) is 0 Å². The van der Waals surface area contributed by atoms with Crippen LogP contribution in [0.3, 0.4) is 0 Å². The van der Waals surface area contributed by atoms with Crippen molar-refractivity contribution >= 4 is 0 Å². The fourth-order valence-electron chi connectivity index (χ4n) is 1.93. The molecule has 0 spiro atoms. The third-order valence-corrected chi connectivity index (χ3v) is 3.00. The Morgan fingerprint density at radius 2 is 1.90 bits per heavy atom. The summed E-state index contributed by atoms with van der Waals surface area (Å²) in [6, 6.07) is 14.6. The highest BCUT2D eigenvalue weighted by Gasteiger charge is 1.96. The third kappa shape index (κ3) is 5.02. The molecule has 0 saturated heterocycles. The van der Waals surface area contributed by atoms with Crippen LogP contribution < -0.4 is 10.1 Å². The smallest absolute Gasteiger partial charge is 0.123 e. The lowest BCUT2D eigenvalue weighted by Crippen LogP contribution is -2.17. The van der Waals surface area contributed by atoms with E-state index in [0.717, 1.165) is 30.8 Å². The van der Waals surface area contributed by atoms with Crippen molar-refractivity contribution in [3.05, 3.63) is 65.5 Å². The van der Waals surface area contributed by atoms with Gasteiger partial charge in [-0.1, -0.05) is 24.3 Å². The molecule has 0 fully saturated rings. The summed E-state index contributed by atoms with van der Waals surface area (Å²) in [5.41, 5.74) is 2.29. The van der Waals surface area contributed by atoms with Gasteiger partial charge in [-0.25, -0.2) is 4.39 Å². The second-order valence-corrected chi connectivity index (χ2v) is 4.82. The van der Waals surface area contributed by atoms with E-state index in [9.17, 15) is 4.39 Å². The molecule has 0 amide bonds. The molecule has 0 aliphatic carbocycles. The molecule has 0 heterocycles. The lowest BCUT2D eigenvalue weighted by Gasteiger charge is -2.08. The first-order valence-electron chi connectivity index (χ1n) is 6.89. The Morgan fingerprint density at radius 1 is 1.10 bits per heavy atom. The average molecular weight is 273 g/mol. The Labute approximate surface area is 119 Å². The second-order valence-electron chi connectivity index (χ2n) is 4.82. The monoisotopic (exact) mass is 273 g/mol. The van der Waals surface area contributed by atoms with Crippen molar-refractivity contribution < 1.29 is 9.13 Å². The maximum atomic E-state index is 12.7. The van der Waals surface area contributed by atoms with Crippen LogP contribution >= 0.6 is 0 Å². The number of rotatable bonds is 7. The Morgan fingerprint density at radius 3 is 2.65 bits per heavy atom.